The predicted molar refractivity (Wildman–Crippen MR) is 76.5 cm³/mol. The maximum absolute atomic E-state index is 6.06. The van der Waals surface area contributed by atoms with Gasteiger partial charge in [0.1, 0.15) is 17.3 Å². The molecular weight excluding hydrogens is 222 g/mol. The molecule has 0 atom stereocenters. The van der Waals surface area contributed by atoms with E-state index in [0.717, 1.165) is 22.9 Å². The highest BCUT2D eigenvalue weighted by Crippen LogP contribution is 2.28. The average Bonchev–Trinajstić information content (AvgIpc) is 2.56. The first-order valence-electron chi connectivity index (χ1n) is 6.20. The van der Waals surface area contributed by atoms with Crippen LogP contribution < -0.4 is 5.73 Å². The first-order chi connectivity index (χ1) is 8.30. The second kappa shape index (κ2) is 4.16. The molecule has 2 rings (SSSR count). The zero-order valence-electron chi connectivity index (χ0n) is 11.8. The summed E-state index contributed by atoms with van der Waals surface area (Å²) in [4.78, 5) is 4.51. The minimum Gasteiger partial charge on any atom is -0.383 e. The Bertz CT molecular complexity index is 557. The molecule has 0 aliphatic rings. The average molecular weight is 243 g/mol. The fraction of sp³-hybridized carbons (Fsp3) is 0.400. The zero-order chi connectivity index (χ0) is 13.5. The van der Waals surface area contributed by atoms with Gasteiger partial charge < -0.3 is 10.3 Å². The van der Waals surface area contributed by atoms with Crippen LogP contribution >= 0.6 is 0 Å². The highest BCUT2D eigenvalue weighted by Gasteiger charge is 2.15. The number of anilines is 1. The van der Waals surface area contributed by atoms with Crippen LogP contribution in [0.15, 0.2) is 24.3 Å². The molecular formula is C15H21N3. The third kappa shape index (κ3) is 2.13. The third-order valence-electron chi connectivity index (χ3n) is 3.39. The number of hydrogen-bond acceptors (Lipinski definition) is 2. The third-order valence-corrected chi connectivity index (χ3v) is 3.39. The van der Waals surface area contributed by atoms with Gasteiger partial charge in [-0.3, -0.25) is 0 Å². The number of aromatic nitrogens is 2. The van der Waals surface area contributed by atoms with E-state index in [0.29, 0.717) is 0 Å². The lowest BCUT2D eigenvalue weighted by atomic mass is 9.86. The van der Waals surface area contributed by atoms with Crippen LogP contribution in [0.3, 0.4) is 0 Å². The maximum atomic E-state index is 6.06. The van der Waals surface area contributed by atoms with E-state index >= 15 is 0 Å². The molecule has 0 unspecified atom stereocenters. The molecule has 18 heavy (non-hydrogen) atoms. The molecule has 0 amide bonds. The van der Waals surface area contributed by atoms with Crippen LogP contribution in [0.25, 0.3) is 11.3 Å². The van der Waals surface area contributed by atoms with Gasteiger partial charge in [-0.15, -0.1) is 0 Å². The molecule has 2 N–H and O–H groups in total. The van der Waals surface area contributed by atoms with E-state index in [4.69, 9.17) is 5.73 Å². The van der Waals surface area contributed by atoms with E-state index in [1.807, 2.05) is 18.5 Å². The molecule has 0 radical (unpaired) electrons. The Hall–Kier alpha value is -1.77. The first kappa shape index (κ1) is 12.7. The standard InChI is InChI=1S/C15H21N3/c1-10-17-13(14(16)18(10)5)11-6-8-12(9-7-11)15(2,3)4/h6-9H,16H2,1-5H3. The SMILES string of the molecule is Cc1nc(-c2ccc(C(C)(C)C)cc2)c(N)n1C. The van der Waals surface area contributed by atoms with E-state index in [2.05, 4.69) is 50.0 Å². The molecule has 3 heteroatoms. The van der Waals surface area contributed by atoms with Gasteiger partial charge in [-0.05, 0) is 17.9 Å². The second-order valence-electron chi connectivity index (χ2n) is 5.78. The van der Waals surface area contributed by atoms with Crippen LogP contribution in [0.5, 0.6) is 0 Å². The smallest absolute Gasteiger partial charge is 0.131 e. The Morgan fingerprint density at radius 1 is 1.11 bits per heavy atom. The summed E-state index contributed by atoms with van der Waals surface area (Å²) >= 11 is 0. The minimum atomic E-state index is 0.171. The number of hydrogen-bond donors (Lipinski definition) is 1. The quantitative estimate of drug-likeness (QED) is 0.835. The molecule has 3 nitrogen and oxygen atoms in total. The normalized spacial score (nSPS) is 11.8. The van der Waals surface area contributed by atoms with E-state index in [1.165, 1.54) is 5.56 Å². The molecule has 0 saturated heterocycles. The molecule has 96 valence electrons. The van der Waals surface area contributed by atoms with E-state index in [9.17, 15) is 0 Å². The monoisotopic (exact) mass is 243 g/mol. The number of rotatable bonds is 1. The largest absolute Gasteiger partial charge is 0.383 e. The first-order valence-corrected chi connectivity index (χ1v) is 6.20. The predicted octanol–water partition coefficient (Wildman–Crippen LogP) is 3.28. The Morgan fingerprint density at radius 3 is 2.06 bits per heavy atom. The van der Waals surface area contributed by atoms with Crippen molar-refractivity contribution in [2.45, 2.75) is 33.1 Å². The van der Waals surface area contributed by atoms with Crippen molar-refractivity contribution in [3.05, 3.63) is 35.7 Å². The number of aryl methyl sites for hydroxylation is 1. The van der Waals surface area contributed by atoms with Crippen molar-refractivity contribution < 1.29 is 0 Å². The maximum Gasteiger partial charge on any atom is 0.131 e. The van der Waals surface area contributed by atoms with Crippen LogP contribution in [0.2, 0.25) is 0 Å². The van der Waals surface area contributed by atoms with Gasteiger partial charge in [0, 0.05) is 12.6 Å². The summed E-state index contributed by atoms with van der Waals surface area (Å²) < 4.78 is 1.91. The fourth-order valence-electron chi connectivity index (χ4n) is 1.97. The van der Waals surface area contributed by atoms with Crippen LogP contribution in [-0.2, 0) is 12.5 Å². The zero-order valence-corrected chi connectivity index (χ0v) is 11.8. The fourth-order valence-corrected chi connectivity index (χ4v) is 1.97. The van der Waals surface area contributed by atoms with Crippen molar-refractivity contribution >= 4 is 5.82 Å². The van der Waals surface area contributed by atoms with Gasteiger partial charge >= 0.3 is 0 Å². The number of nitrogen functional groups attached to an aromatic ring is 1. The van der Waals surface area contributed by atoms with Crippen LogP contribution in [0, 0.1) is 6.92 Å². The Kier molecular flexibility index (Phi) is 2.93. The Morgan fingerprint density at radius 2 is 1.67 bits per heavy atom. The Labute approximate surface area is 109 Å². The van der Waals surface area contributed by atoms with Crippen LogP contribution in [0.4, 0.5) is 5.82 Å². The molecule has 2 aromatic rings. The molecule has 0 saturated carbocycles. The summed E-state index contributed by atoms with van der Waals surface area (Å²) in [6.45, 7) is 8.59. The molecule has 0 fully saturated rings. The van der Waals surface area contributed by atoms with Crippen LogP contribution in [-0.4, -0.2) is 9.55 Å². The van der Waals surface area contributed by atoms with Crippen molar-refractivity contribution in [3.8, 4) is 11.3 Å². The summed E-state index contributed by atoms with van der Waals surface area (Å²) in [7, 11) is 1.94. The molecule has 0 bridgehead atoms. The van der Waals surface area contributed by atoms with Crippen molar-refractivity contribution in [1.82, 2.24) is 9.55 Å². The molecule has 0 aliphatic heterocycles. The lowest BCUT2D eigenvalue weighted by molar-refractivity contribution is 0.590. The summed E-state index contributed by atoms with van der Waals surface area (Å²) in [5.74, 6) is 1.65. The highest BCUT2D eigenvalue weighted by molar-refractivity contribution is 5.71. The lowest BCUT2D eigenvalue weighted by Crippen LogP contribution is -2.10. The topological polar surface area (TPSA) is 43.8 Å². The number of imidazole rings is 1. The van der Waals surface area contributed by atoms with Gasteiger partial charge in [0.05, 0.1) is 0 Å². The van der Waals surface area contributed by atoms with Gasteiger partial charge in [0.2, 0.25) is 0 Å². The van der Waals surface area contributed by atoms with Crippen molar-refractivity contribution in [3.63, 3.8) is 0 Å². The van der Waals surface area contributed by atoms with E-state index in [1.54, 1.807) is 0 Å². The highest BCUT2D eigenvalue weighted by atomic mass is 15.1. The van der Waals surface area contributed by atoms with E-state index < -0.39 is 0 Å². The van der Waals surface area contributed by atoms with Crippen molar-refractivity contribution in [2.24, 2.45) is 7.05 Å². The number of nitrogens with two attached hydrogens (primary N) is 1. The van der Waals surface area contributed by atoms with Gasteiger partial charge in [0.25, 0.3) is 0 Å². The molecule has 1 heterocycles. The second-order valence-corrected chi connectivity index (χ2v) is 5.78. The van der Waals surface area contributed by atoms with Crippen molar-refractivity contribution in [1.29, 1.82) is 0 Å². The molecule has 1 aromatic heterocycles. The van der Waals surface area contributed by atoms with Crippen LogP contribution in [0.1, 0.15) is 32.2 Å². The number of nitrogens with zero attached hydrogens (tertiary/aromatic N) is 2. The summed E-state index contributed by atoms with van der Waals surface area (Å²) in [5, 5.41) is 0. The minimum absolute atomic E-state index is 0.171. The summed E-state index contributed by atoms with van der Waals surface area (Å²) in [6, 6.07) is 8.50. The molecule has 0 aliphatic carbocycles. The van der Waals surface area contributed by atoms with Gasteiger partial charge in [-0.25, -0.2) is 4.98 Å². The molecule has 0 spiro atoms. The van der Waals surface area contributed by atoms with Crippen molar-refractivity contribution in [2.75, 3.05) is 5.73 Å². The van der Waals surface area contributed by atoms with Gasteiger partial charge in [-0.2, -0.15) is 0 Å². The Balaban J connectivity index is 2.44. The lowest BCUT2D eigenvalue weighted by Gasteiger charge is -2.19. The van der Waals surface area contributed by atoms with E-state index in [-0.39, 0.29) is 5.41 Å². The summed E-state index contributed by atoms with van der Waals surface area (Å²) in [5.41, 5.74) is 9.49. The number of benzene rings is 1. The van der Waals surface area contributed by atoms with Gasteiger partial charge in [0.15, 0.2) is 0 Å². The molecule has 1 aromatic carbocycles. The van der Waals surface area contributed by atoms with Gasteiger partial charge in [-0.1, -0.05) is 45.0 Å². The summed E-state index contributed by atoms with van der Waals surface area (Å²) in [6.07, 6.45) is 0.